The second-order valence-electron chi connectivity index (χ2n) is 7.90. The van der Waals surface area contributed by atoms with Crippen LogP contribution in [0.25, 0.3) is 6.08 Å². The molecule has 3 aromatic carbocycles. The zero-order valence-corrected chi connectivity index (χ0v) is 22.3. The molecule has 0 unspecified atom stereocenters. The molecular weight excluding hydrogens is 578 g/mol. The number of para-hydroxylation sites is 1. The number of nitrogens with zero attached hydrogens (tertiary/aromatic N) is 1. The van der Waals surface area contributed by atoms with E-state index >= 15 is 0 Å². The SMILES string of the molecule is CCOc1cc(/C=C2\C(=O)NC(=O)N(c3ccc(Br)cc3)C2=O)cc(Cl)c1OCC(=O)Nc1ccccc1. The summed E-state index contributed by atoms with van der Waals surface area (Å²) in [5.74, 6) is -1.70. The highest BCUT2D eigenvalue weighted by molar-refractivity contribution is 9.10. The minimum absolute atomic E-state index is 0.0971. The zero-order chi connectivity index (χ0) is 27.2. The Morgan fingerprint density at radius 3 is 2.45 bits per heavy atom. The number of hydrogen-bond acceptors (Lipinski definition) is 6. The molecule has 1 aliphatic heterocycles. The molecule has 0 spiro atoms. The van der Waals surface area contributed by atoms with E-state index in [1.165, 1.54) is 18.2 Å². The first kappa shape index (κ1) is 26.9. The highest BCUT2D eigenvalue weighted by Gasteiger charge is 2.36. The lowest BCUT2D eigenvalue weighted by molar-refractivity contribution is -0.122. The van der Waals surface area contributed by atoms with Crippen LogP contribution in [-0.2, 0) is 14.4 Å². The molecule has 0 saturated carbocycles. The fourth-order valence-corrected chi connectivity index (χ4v) is 4.12. The summed E-state index contributed by atoms with van der Waals surface area (Å²) >= 11 is 9.75. The number of anilines is 2. The van der Waals surface area contributed by atoms with Gasteiger partial charge < -0.3 is 14.8 Å². The van der Waals surface area contributed by atoms with E-state index < -0.39 is 23.8 Å². The van der Waals surface area contributed by atoms with Gasteiger partial charge >= 0.3 is 6.03 Å². The summed E-state index contributed by atoms with van der Waals surface area (Å²) in [6.07, 6.45) is 1.30. The van der Waals surface area contributed by atoms with Crippen LogP contribution < -0.4 is 25.0 Å². The Balaban J connectivity index is 1.58. The lowest BCUT2D eigenvalue weighted by atomic mass is 10.1. The minimum Gasteiger partial charge on any atom is -0.490 e. The number of rotatable bonds is 8. The molecule has 4 rings (SSSR count). The number of carbonyl (C=O) groups excluding carboxylic acids is 4. The molecule has 0 bridgehead atoms. The van der Waals surface area contributed by atoms with E-state index in [4.69, 9.17) is 21.1 Å². The average molecular weight is 599 g/mol. The second kappa shape index (κ2) is 11.9. The minimum atomic E-state index is -0.856. The van der Waals surface area contributed by atoms with E-state index in [-0.39, 0.29) is 35.3 Å². The van der Waals surface area contributed by atoms with Gasteiger partial charge in [-0.2, -0.15) is 0 Å². The van der Waals surface area contributed by atoms with Gasteiger partial charge in [0.15, 0.2) is 18.1 Å². The Morgan fingerprint density at radius 2 is 1.76 bits per heavy atom. The van der Waals surface area contributed by atoms with Gasteiger partial charge in [0.2, 0.25) is 0 Å². The summed E-state index contributed by atoms with van der Waals surface area (Å²) in [6.45, 7) is 1.68. The van der Waals surface area contributed by atoms with Crippen LogP contribution in [0.1, 0.15) is 12.5 Å². The number of imide groups is 2. The fraction of sp³-hybridized carbons (Fsp3) is 0.111. The molecule has 194 valence electrons. The molecule has 0 radical (unpaired) electrons. The number of carbonyl (C=O) groups is 4. The monoisotopic (exact) mass is 597 g/mol. The van der Waals surface area contributed by atoms with Gasteiger partial charge in [-0.1, -0.05) is 45.7 Å². The van der Waals surface area contributed by atoms with E-state index in [2.05, 4.69) is 26.6 Å². The van der Waals surface area contributed by atoms with Gasteiger partial charge in [-0.05, 0) is 67.1 Å². The number of ether oxygens (including phenoxy) is 2. The lowest BCUT2D eigenvalue weighted by Gasteiger charge is -2.26. The standard InChI is InChI=1S/C27H21BrClN3O6/c1-2-37-22-14-16(13-21(29)24(22)38-15-23(33)30-18-6-4-3-5-7-18)12-20-25(34)31-27(36)32(26(20)35)19-10-8-17(28)9-11-19/h3-14H,2,15H2,1H3,(H,30,33)(H,31,34,36)/b20-12+. The molecule has 1 aliphatic rings. The third kappa shape index (κ3) is 6.21. The molecule has 1 saturated heterocycles. The van der Waals surface area contributed by atoms with Crippen molar-refractivity contribution in [2.75, 3.05) is 23.4 Å². The van der Waals surface area contributed by atoms with Crippen molar-refractivity contribution in [1.82, 2.24) is 5.32 Å². The predicted octanol–water partition coefficient (Wildman–Crippen LogP) is 5.19. The predicted molar refractivity (Wildman–Crippen MR) is 146 cm³/mol. The number of amides is 5. The molecule has 11 heteroatoms. The van der Waals surface area contributed by atoms with Crippen LogP contribution in [0.3, 0.4) is 0 Å². The molecule has 0 aromatic heterocycles. The average Bonchev–Trinajstić information content (AvgIpc) is 2.88. The number of nitrogens with one attached hydrogen (secondary N) is 2. The van der Waals surface area contributed by atoms with E-state index in [0.29, 0.717) is 16.9 Å². The van der Waals surface area contributed by atoms with Crippen LogP contribution in [-0.4, -0.2) is 37.0 Å². The van der Waals surface area contributed by atoms with Gasteiger partial charge in [0.1, 0.15) is 5.57 Å². The van der Waals surface area contributed by atoms with Crippen molar-refractivity contribution < 1.29 is 28.7 Å². The van der Waals surface area contributed by atoms with Crippen LogP contribution in [0.4, 0.5) is 16.2 Å². The molecule has 38 heavy (non-hydrogen) atoms. The zero-order valence-electron chi connectivity index (χ0n) is 20.0. The van der Waals surface area contributed by atoms with Crippen molar-refractivity contribution in [2.24, 2.45) is 0 Å². The van der Waals surface area contributed by atoms with Crippen LogP contribution in [0.5, 0.6) is 11.5 Å². The van der Waals surface area contributed by atoms with Crippen LogP contribution in [0.15, 0.2) is 76.8 Å². The van der Waals surface area contributed by atoms with Gasteiger partial charge in [0.25, 0.3) is 17.7 Å². The molecule has 0 atom stereocenters. The van der Waals surface area contributed by atoms with Gasteiger partial charge in [-0.25, -0.2) is 9.69 Å². The Bertz CT molecular complexity index is 1430. The topological polar surface area (TPSA) is 114 Å². The maximum atomic E-state index is 13.2. The number of benzene rings is 3. The summed E-state index contributed by atoms with van der Waals surface area (Å²) in [7, 11) is 0. The van der Waals surface area contributed by atoms with Crippen molar-refractivity contribution in [1.29, 1.82) is 0 Å². The first-order valence-electron chi connectivity index (χ1n) is 11.4. The van der Waals surface area contributed by atoms with Gasteiger partial charge in [0, 0.05) is 10.2 Å². The molecule has 0 aliphatic carbocycles. The van der Waals surface area contributed by atoms with Crippen LogP contribution >= 0.6 is 27.5 Å². The summed E-state index contributed by atoms with van der Waals surface area (Å²) in [4.78, 5) is 51.3. The van der Waals surface area contributed by atoms with E-state index in [1.807, 2.05) is 6.07 Å². The second-order valence-corrected chi connectivity index (χ2v) is 9.22. The van der Waals surface area contributed by atoms with E-state index in [0.717, 1.165) is 9.37 Å². The molecule has 1 heterocycles. The lowest BCUT2D eigenvalue weighted by Crippen LogP contribution is -2.54. The molecule has 2 N–H and O–H groups in total. The van der Waals surface area contributed by atoms with Gasteiger partial charge in [-0.15, -0.1) is 0 Å². The number of urea groups is 1. The Hall–Kier alpha value is -4.15. The van der Waals surface area contributed by atoms with Crippen molar-refractivity contribution >= 4 is 68.7 Å². The Morgan fingerprint density at radius 1 is 1.05 bits per heavy atom. The quantitative estimate of drug-likeness (QED) is 0.273. The Kier molecular flexibility index (Phi) is 8.45. The number of halogens is 2. The van der Waals surface area contributed by atoms with E-state index in [1.54, 1.807) is 55.5 Å². The fourth-order valence-electron chi connectivity index (χ4n) is 3.58. The van der Waals surface area contributed by atoms with Gasteiger partial charge in [0.05, 0.1) is 17.3 Å². The maximum Gasteiger partial charge on any atom is 0.335 e. The first-order chi connectivity index (χ1) is 18.3. The highest BCUT2D eigenvalue weighted by Crippen LogP contribution is 2.37. The normalized spacial score (nSPS) is 14.3. The number of hydrogen-bond donors (Lipinski definition) is 2. The largest absolute Gasteiger partial charge is 0.490 e. The molecular formula is C27H21BrClN3O6. The van der Waals surface area contributed by atoms with Crippen molar-refractivity contribution in [3.05, 3.63) is 87.4 Å². The molecule has 1 fully saturated rings. The van der Waals surface area contributed by atoms with Crippen molar-refractivity contribution in [3.8, 4) is 11.5 Å². The first-order valence-corrected chi connectivity index (χ1v) is 12.5. The van der Waals surface area contributed by atoms with Crippen molar-refractivity contribution in [2.45, 2.75) is 6.92 Å². The molecule has 9 nitrogen and oxygen atoms in total. The summed E-state index contributed by atoms with van der Waals surface area (Å²) in [6, 6.07) is 17.5. The Labute approximate surface area is 231 Å². The van der Waals surface area contributed by atoms with Gasteiger partial charge in [-0.3, -0.25) is 19.7 Å². The molecule has 5 amide bonds. The smallest absolute Gasteiger partial charge is 0.335 e. The number of barbiturate groups is 1. The van der Waals surface area contributed by atoms with E-state index in [9.17, 15) is 19.2 Å². The summed E-state index contributed by atoms with van der Waals surface area (Å²) in [5, 5.41) is 4.98. The van der Waals surface area contributed by atoms with Crippen molar-refractivity contribution in [3.63, 3.8) is 0 Å². The summed E-state index contributed by atoms with van der Waals surface area (Å²) in [5.41, 5.74) is 0.982. The summed E-state index contributed by atoms with van der Waals surface area (Å²) < 4.78 is 12.1. The maximum absolute atomic E-state index is 13.2. The van der Waals surface area contributed by atoms with Crippen LogP contribution in [0, 0.1) is 0 Å². The third-order valence-electron chi connectivity index (χ3n) is 5.23. The highest BCUT2D eigenvalue weighted by atomic mass is 79.9. The van der Waals surface area contributed by atoms with Crippen LogP contribution in [0.2, 0.25) is 5.02 Å². The molecule has 3 aromatic rings. The third-order valence-corrected chi connectivity index (χ3v) is 6.04.